The van der Waals surface area contributed by atoms with Crippen molar-refractivity contribution in [3.8, 4) is 0 Å². The molecular weight excluding hydrogens is 339 g/mol. The van der Waals surface area contributed by atoms with Crippen LogP contribution in [0.4, 0.5) is 21.8 Å². The molecule has 21 heavy (non-hydrogen) atoms. The van der Waals surface area contributed by atoms with E-state index in [1.807, 2.05) is 18.2 Å². The molecule has 6 nitrogen and oxygen atoms in total. The summed E-state index contributed by atoms with van der Waals surface area (Å²) in [6, 6.07) is 7.48. The summed E-state index contributed by atoms with van der Waals surface area (Å²) in [6.07, 6.45) is 2.72. The zero-order valence-corrected chi connectivity index (χ0v) is 12.2. The number of aromatic nitrogens is 3. The Hall–Kier alpha value is -2.32. The minimum absolute atomic E-state index is 0.0233. The zero-order chi connectivity index (χ0) is 14.8. The minimum Gasteiger partial charge on any atom is -0.336 e. The van der Waals surface area contributed by atoms with E-state index in [0.717, 1.165) is 16.1 Å². The molecule has 0 aliphatic rings. The van der Waals surface area contributed by atoms with Gasteiger partial charge in [0.25, 0.3) is 0 Å². The van der Waals surface area contributed by atoms with E-state index in [4.69, 9.17) is 5.84 Å². The van der Waals surface area contributed by atoms with Crippen LogP contribution in [-0.4, -0.2) is 15.0 Å². The molecule has 8 heteroatoms. The first-order valence-corrected chi connectivity index (χ1v) is 6.77. The van der Waals surface area contributed by atoms with Crippen LogP contribution in [0.5, 0.6) is 0 Å². The molecule has 2 aromatic heterocycles. The molecule has 0 aliphatic carbocycles. The van der Waals surface area contributed by atoms with E-state index < -0.39 is 5.82 Å². The van der Waals surface area contributed by atoms with Crippen LogP contribution < -0.4 is 16.6 Å². The predicted molar refractivity (Wildman–Crippen MR) is 82.5 cm³/mol. The molecule has 0 bridgehead atoms. The number of nitrogens with zero attached hydrogens (tertiary/aromatic N) is 3. The third-order valence-electron chi connectivity index (χ3n) is 2.80. The molecule has 0 saturated heterocycles. The summed E-state index contributed by atoms with van der Waals surface area (Å²) in [4.78, 5) is 12.0. The van der Waals surface area contributed by atoms with E-state index in [1.165, 1.54) is 0 Å². The molecule has 3 rings (SSSR count). The highest BCUT2D eigenvalue weighted by atomic mass is 79.9. The first-order chi connectivity index (χ1) is 10.2. The number of halogens is 2. The van der Waals surface area contributed by atoms with Gasteiger partial charge in [0, 0.05) is 16.1 Å². The number of nitrogens with two attached hydrogens (primary N) is 1. The van der Waals surface area contributed by atoms with Gasteiger partial charge in [0.2, 0.25) is 5.95 Å². The number of nitrogens with one attached hydrogen (secondary N) is 2. The van der Waals surface area contributed by atoms with Crippen LogP contribution in [0.1, 0.15) is 0 Å². The lowest BCUT2D eigenvalue weighted by atomic mass is 10.2. The summed E-state index contributed by atoms with van der Waals surface area (Å²) in [7, 11) is 0. The molecule has 0 saturated carbocycles. The lowest BCUT2D eigenvalue weighted by molar-refractivity contribution is 0.619. The highest BCUT2D eigenvalue weighted by molar-refractivity contribution is 9.10. The molecule has 0 spiro atoms. The molecule has 0 amide bonds. The molecule has 4 N–H and O–H groups in total. The Morgan fingerprint density at radius 3 is 2.86 bits per heavy atom. The largest absolute Gasteiger partial charge is 0.336 e. The fraction of sp³-hybridized carbons (Fsp3) is 0. The van der Waals surface area contributed by atoms with Crippen LogP contribution in [0.2, 0.25) is 0 Å². The van der Waals surface area contributed by atoms with Gasteiger partial charge in [0.05, 0.1) is 17.4 Å². The van der Waals surface area contributed by atoms with Gasteiger partial charge in [-0.1, -0.05) is 12.1 Å². The van der Waals surface area contributed by atoms with Crippen LogP contribution in [0.25, 0.3) is 10.9 Å². The zero-order valence-electron chi connectivity index (χ0n) is 10.6. The van der Waals surface area contributed by atoms with E-state index in [9.17, 15) is 4.39 Å². The van der Waals surface area contributed by atoms with Crippen molar-refractivity contribution in [1.29, 1.82) is 0 Å². The summed E-state index contributed by atoms with van der Waals surface area (Å²) in [5.74, 6) is 4.79. The Balaban J connectivity index is 2.06. The van der Waals surface area contributed by atoms with Crippen molar-refractivity contribution in [3.05, 3.63) is 46.9 Å². The number of pyridine rings is 1. The average molecular weight is 349 g/mol. The quantitative estimate of drug-likeness (QED) is 0.498. The molecule has 0 radical (unpaired) electrons. The Labute approximate surface area is 127 Å². The van der Waals surface area contributed by atoms with E-state index >= 15 is 0 Å². The fourth-order valence-corrected chi connectivity index (χ4v) is 2.24. The monoisotopic (exact) mass is 348 g/mol. The van der Waals surface area contributed by atoms with E-state index in [1.54, 1.807) is 12.3 Å². The van der Waals surface area contributed by atoms with Crippen molar-refractivity contribution < 1.29 is 4.39 Å². The van der Waals surface area contributed by atoms with Crippen molar-refractivity contribution in [2.45, 2.75) is 0 Å². The standard InChI is InChI=1S/C13H10BrFN6/c14-8-4-7-2-1-3-10(11(7)17-5-8)19-12-9(15)6-18-13(20-12)21-16/h1-6H,16H2,(H2,18,19,20,21). The third kappa shape index (κ3) is 2.76. The Morgan fingerprint density at radius 1 is 1.19 bits per heavy atom. The summed E-state index contributed by atoms with van der Waals surface area (Å²) >= 11 is 3.37. The number of hydrogen-bond donors (Lipinski definition) is 3. The maximum absolute atomic E-state index is 13.8. The Bertz CT molecular complexity index is 810. The van der Waals surface area contributed by atoms with Crippen LogP contribution in [0.15, 0.2) is 41.1 Å². The van der Waals surface area contributed by atoms with E-state index in [0.29, 0.717) is 11.2 Å². The Kier molecular flexibility index (Phi) is 3.63. The first kappa shape index (κ1) is 13.7. The number of rotatable bonds is 3. The maximum Gasteiger partial charge on any atom is 0.239 e. The molecular formula is C13H10BrFN6. The highest BCUT2D eigenvalue weighted by Gasteiger charge is 2.09. The molecule has 0 unspecified atom stereocenters. The number of fused-ring (bicyclic) bond motifs is 1. The van der Waals surface area contributed by atoms with Crippen molar-refractivity contribution in [3.63, 3.8) is 0 Å². The average Bonchev–Trinajstić information content (AvgIpc) is 2.49. The molecule has 1 aromatic carbocycles. The lowest BCUT2D eigenvalue weighted by Gasteiger charge is -2.10. The van der Waals surface area contributed by atoms with Gasteiger partial charge in [-0.3, -0.25) is 10.4 Å². The fourth-order valence-electron chi connectivity index (χ4n) is 1.89. The highest BCUT2D eigenvalue weighted by Crippen LogP contribution is 2.27. The first-order valence-electron chi connectivity index (χ1n) is 5.98. The van der Waals surface area contributed by atoms with Crippen LogP contribution in [-0.2, 0) is 0 Å². The maximum atomic E-state index is 13.8. The van der Waals surface area contributed by atoms with Gasteiger partial charge in [0.1, 0.15) is 0 Å². The van der Waals surface area contributed by atoms with Gasteiger partial charge in [-0.15, -0.1) is 0 Å². The molecule has 106 valence electrons. The number of hydrogen-bond acceptors (Lipinski definition) is 6. The molecule has 2 heterocycles. The summed E-state index contributed by atoms with van der Waals surface area (Å²) in [6.45, 7) is 0. The second kappa shape index (κ2) is 5.58. The number of benzene rings is 1. The molecule has 3 aromatic rings. The van der Waals surface area contributed by atoms with E-state index in [2.05, 4.69) is 41.6 Å². The van der Waals surface area contributed by atoms with Gasteiger partial charge >= 0.3 is 0 Å². The number of hydrazine groups is 1. The van der Waals surface area contributed by atoms with Gasteiger partial charge in [0.15, 0.2) is 11.6 Å². The normalized spacial score (nSPS) is 10.6. The van der Waals surface area contributed by atoms with Crippen LogP contribution in [0, 0.1) is 5.82 Å². The number of para-hydroxylation sites is 1. The van der Waals surface area contributed by atoms with Crippen molar-refractivity contribution in [2.24, 2.45) is 5.84 Å². The lowest BCUT2D eigenvalue weighted by Crippen LogP contribution is -2.12. The van der Waals surface area contributed by atoms with Crippen molar-refractivity contribution >= 4 is 44.3 Å². The summed E-state index contributed by atoms with van der Waals surface area (Å²) in [5.41, 5.74) is 3.62. The topological polar surface area (TPSA) is 88.8 Å². The molecule has 0 aliphatic heterocycles. The number of nitrogen functional groups attached to an aromatic ring is 1. The number of anilines is 3. The van der Waals surface area contributed by atoms with Crippen LogP contribution >= 0.6 is 15.9 Å². The molecule has 0 atom stereocenters. The second-order valence-electron chi connectivity index (χ2n) is 4.19. The van der Waals surface area contributed by atoms with Crippen molar-refractivity contribution in [2.75, 3.05) is 10.7 Å². The third-order valence-corrected chi connectivity index (χ3v) is 3.24. The van der Waals surface area contributed by atoms with Gasteiger partial charge in [-0.05, 0) is 28.1 Å². The minimum atomic E-state index is -0.580. The summed E-state index contributed by atoms with van der Waals surface area (Å²) in [5, 5.41) is 3.83. The van der Waals surface area contributed by atoms with Crippen LogP contribution in [0.3, 0.4) is 0 Å². The molecule has 0 fully saturated rings. The summed E-state index contributed by atoms with van der Waals surface area (Å²) < 4.78 is 14.6. The van der Waals surface area contributed by atoms with Crippen molar-refractivity contribution in [1.82, 2.24) is 15.0 Å². The SMILES string of the molecule is NNc1ncc(F)c(Nc2cccc3cc(Br)cnc23)n1. The smallest absolute Gasteiger partial charge is 0.239 e. The van der Waals surface area contributed by atoms with E-state index in [-0.39, 0.29) is 11.8 Å². The van der Waals surface area contributed by atoms with Gasteiger partial charge in [-0.2, -0.15) is 4.98 Å². The second-order valence-corrected chi connectivity index (χ2v) is 5.11. The Morgan fingerprint density at radius 2 is 2.05 bits per heavy atom. The van der Waals surface area contributed by atoms with Gasteiger partial charge in [-0.25, -0.2) is 15.2 Å². The predicted octanol–water partition coefficient (Wildman–Crippen LogP) is 2.96. The van der Waals surface area contributed by atoms with Gasteiger partial charge < -0.3 is 5.32 Å².